The molecule has 4 nitrogen and oxygen atoms in total. The number of hydrogen-bond donors (Lipinski definition) is 1. The van der Waals surface area contributed by atoms with Gasteiger partial charge in [-0.05, 0) is 0 Å². The molecular weight excluding hydrogens is 170 g/mol. The normalized spacial score (nSPS) is 27.0. The molecule has 1 unspecified atom stereocenters. The van der Waals surface area contributed by atoms with Crippen LogP contribution >= 0.6 is 0 Å². The van der Waals surface area contributed by atoms with Crippen molar-refractivity contribution in [3.8, 4) is 0 Å². The van der Waals surface area contributed by atoms with Crippen LogP contribution in [-0.2, 0) is 14.3 Å². The molecule has 0 bridgehead atoms. The number of esters is 1. The van der Waals surface area contributed by atoms with Gasteiger partial charge in [-0.15, -0.1) is 0 Å². The number of nitrogens with one attached hydrogen (secondary N) is 1. The van der Waals surface area contributed by atoms with Gasteiger partial charge in [-0.3, -0.25) is 9.59 Å². The van der Waals surface area contributed by atoms with E-state index in [1.54, 1.807) is 0 Å². The Labute approximate surface area is 77.6 Å². The Hall–Kier alpha value is -0.900. The lowest BCUT2D eigenvalue weighted by molar-refractivity contribution is -0.153. The Kier molecular flexibility index (Phi) is 2.71. The molecule has 1 atom stereocenters. The van der Waals surface area contributed by atoms with Crippen LogP contribution in [0, 0.1) is 11.3 Å². The monoisotopic (exact) mass is 185 g/mol. The molecule has 0 aromatic heterocycles. The van der Waals surface area contributed by atoms with Crippen molar-refractivity contribution in [1.82, 2.24) is 5.32 Å². The number of Topliss-reactive ketones (excluding diaryl/α,β-unsaturated/α-hetero) is 1. The summed E-state index contributed by atoms with van der Waals surface area (Å²) in [6, 6.07) is 0. The van der Waals surface area contributed by atoms with Gasteiger partial charge in [0.05, 0.1) is 7.11 Å². The highest BCUT2D eigenvalue weighted by Crippen LogP contribution is 2.24. The van der Waals surface area contributed by atoms with Gasteiger partial charge in [-0.2, -0.15) is 0 Å². The Morgan fingerprint density at radius 1 is 1.62 bits per heavy atom. The van der Waals surface area contributed by atoms with Crippen molar-refractivity contribution >= 4 is 11.8 Å². The molecule has 0 radical (unpaired) electrons. The number of piperidine rings is 1. The SMILES string of the molecule is COC(=O)C1CNCC(C)(C)C1=O. The molecule has 74 valence electrons. The van der Waals surface area contributed by atoms with E-state index >= 15 is 0 Å². The van der Waals surface area contributed by atoms with Gasteiger partial charge in [0.1, 0.15) is 5.92 Å². The van der Waals surface area contributed by atoms with Crippen LogP contribution in [0.2, 0.25) is 0 Å². The van der Waals surface area contributed by atoms with Crippen molar-refractivity contribution in [2.45, 2.75) is 13.8 Å². The molecule has 1 fully saturated rings. The molecule has 0 amide bonds. The molecule has 0 aliphatic carbocycles. The predicted molar refractivity (Wildman–Crippen MR) is 47.2 cm³/mol. The Morgan fingerprint density at radius 3 is 2.77 bits per heavy atom. The van der Waals surface area contributed by atoms with Crippen molar-refractivity contribution in [2.75, 3.05) is 20.2 Å². The van der Waals surface area contributed by atoms with Gasteiger partial charge in [0.15, 0.2) is 5.78 Å². The summed E-state index contributed by atoms with van der Waals surface area (Å²) in [7, 11) is 1.30. The van der Waals surface area contributed by atoms with Gasteiger partial charge < -0.3 is 10.1 Å². The molecule has 1 N–H and O–H groups in total. The maximum Gasteiger partial charge on any atom is 0.317 e. The highest BCUT2D eigenvalue weighted by Gasteiger charge is 2.41. The van der Waals surface area contributed by atoms with Crippen molar-refractivity contribution in [3.05, 3.63) is 0 Å². The first-order valence-corrected chi connectivity index (χ1v) is 4.32. The van der Waals surface area contributed by atoms with Gasteiger partial charge in [0.25, 0.3) is 0 Å². The van der Waals surface area contributed by atoms with Crippen LogP contribution < -0.4 is 5.32 Å². The summed E-state index contributed by atoms with van der Waals surface area (Å²) in [6.45, 7) is 4.68. The fourth-order valence-corrected chi connectivity index (χ4v) is 1.51. The van der Waals surface area contributed by atoms with Gasteiger partial charge in [-0.25, -0.2) is 0 Å². The number of methoxy groups -OCH3 is 1. The summed E-state index contributed by atoms with van der Waals surface area (Å²) in [5.41, 5.74) is -0.461. The summed E-state index contributed by atoms with van der Waals surface area (Å²) >= 11 is 0. The summed E-state index contributed by atoms with van der Waals surface area (Å²) in [5, 5.41) is 3.05. The minimum atomic E-state index is -0.631. The number of carbonyl (C=O) groups is 2. The summed E-state index contributed by atoms with van der Waals surface area (Å²) < 4.78 is 4.55. The topological polar surface area (TPSA) is 55.4 Å². The Morgan fingerprint density at radius 2 is 2.23 bits per heavy atom. The third-order valence-electron chi connectivity index (χ3n) is 2.38. The quantitative estimate of drug-likeness (QED) is 0.460. The molecular formula is C9H15NO3. The average Bonchev–Trinajstić information content (AvgIpc) is 2.08. The number of carbonyl (C=O) groups excluding carboxylic acids is 2. The molecule has 0 saturated carbocycles. The fraction of sp³-hybridized carbons (Fsp3) is 0.778. The summed E-state index contributed by atoms with van der Waals surface area (Å²) in [4.78, 5) is 22.9. The highest BCUT2D eigenvalue weighted by atomic mass is 16.5. The third-order valence-corrected chi connectivity index (χ3v) is 2.38. The van der Waals surface area contributed by atoms with E-state index in [0.717, 1.165) is 0 Å². The zero-order valence-electron chi connectivity index (χ0n) is 8.22. The Balaban J connectivity index is 2.77. The first-order valence-electron chi connectivity index (χ1n) is 4.32. The van der Waals surface area contributed by atoms with Crippen LogP contribution in [0.15, 0.2) is 0 Å². The molecule has 1 aliphatic heterocycles. The fourth-order valence-electron chi connectivity index (χ4n) is 1.51. The molecule has 1 saturated heterocycles. The van der Waals surface area contributed by atoms with E-state index in [1.807, 2.05) is 13.8 Å². The predicted octanol–water partition coefficient (Wildman–Crippen LogP) is -0.0259. The van der Waals surface area contributed by atoms with Crippen molar-refractivity contribution in [2.24, 2.45) is 11.3 Å². The smallest absolute Gasteiger partial charge is 0.317 e. The first kappa shape index (κ1) is 10.2. The van der Waals surface area contributed by atoms with Gasteiger partial charge in [-0.1, -0.05) is 13.8 Å². The first-order chi connectivity index (χ1) is 5.99. The molecule has 1 heterocycles. The average molecular weight is 185 g/mol. The Bertz CT molecular complexity index is 235. The van der Waals surface area contributed by atoms with Crippen LogP contribution in [-0.4, -0.2) is 32.0 Å². The summed E-state index contributed by atoms with van der Waals surface area (Å²) in [6.07, 6.45) is 0. The maximum atomic E-state index is 11.7. The van der Waals surface area contributed by atoms with Crippen molar-refractivity contribution < 1.29 is 14.3 Å². The minimum Gasteiger partial charge on any atom is -0.468 e. The van der Waals surface area contributed by atoms with Gasteiger partial charge in [0.2, 0.25) is 0 Å². The summed E-state index contributed by atoms with van der Waals surface area (Å²) in [5.74, 6) is -1.10. The lowest BCUT2D eigenvalue weighted by Crippen LogP contribution is -2.52. The van der Waals surface area contributed by atoms with Gasteiger partial charge in [0, 0.05) is 18.5 Å². The maximum absolute atomic E-state index is 11.7. The van der Waals surface area contributed by atoms with Gasteiger partial charge >= 0.3 is 5.97 Å². The van der Waals surface area contributed by atoms with E-state index < -0.39 is 17.3 Å². The van der Waals surface area contributed by atoms with E-state index in [2.05, 4.69) is 10.1 Å². The molecule has 0 aromatic rings. The number of rotatable bonds is 1. The molecule has 4 heteroatoms. The number of ether oxygens (including phenoxy) is 1. The molecule has 13 heavy (non-hydrogen) atoms. The van der Waals surface area contributed by atoms with Crippen LogP contribution in [0.25, 0.3) is 0 Å². The minimum absolute atomic E-state index is 0.0295. The lowest BCUT2D eigenvalue weighted by atomic mass is 9.78. The molecule has 1 rings (SSSR count). The second-order valence-electron chi connectivity index (χ2n) is 3.95. The number of ketones is 1. The largest absolute Gasteiger partial charge is 0.468 e. The third kappa shape index (κ3) is 1.88. The van der Waals surface area contributed by atoms with Crippen LogP contribution in [0.1, 0.15) is 13.8 Å². The van der Waals surface area contributed by atoms with E-state index in [9.17, 15) is 9.59 Å². The number of hydrogen-bond acceptors (Lipinski definition) is 4. The zero-order chi connectivity index (χ0) is 10.1. The standard InChI is InChI=1S/C9H15NO3/c1-9(2)5-10-4-6(7(9)11)8(12)13-3/h6,10H,4-5H2,1-3H3. The van der Waals surface area contributed by atoms with Crippen molar-refractivity contribution in [3.63, 3.8) is 0 Å². The van der Waals surface area contributed by atoms with E-state index in [0.29, 0.717) is 13.1 Å². The molecule has 0 aromatic carbocycles. The van der Waals surface area contributed by atoms with Crippen LogP contribution in [0.4, 0.5) is 0 Å². The molecule has 0 spiro atoms. The zero-order valence-corrected chi connectivity index (χ0v) is 8.22. The molecule has 1 aliphatic rings. The lowest BCUT2D eigenvalue weighted by Gasteiger charge is -2.32. The second kappa shape index (κ2) is 3.46. The van der Waals surface area contributed by atoms with Crippen LogP contribution in [0.5, 0.6) is 0 Å². The van der Waals surface area contributed by atoms with E-state index in [-0.39, 0.29) is 5.78 Å². The van der Waals surface area contributed by atoms with Crippen LogP contribution in [0.3, 0.4) is 0 Å². The van der Waals surface area contributed by atoms with E-state index in [4.69, 9.17) is 0 Å². The second-order valence-corrected chi connectivity index (χ2v) is 3.95. The van der Waals surface area contributed by atoms with Crippen molar-refractivity contribution in [1.29, 1.82) is 0 Å². The van der Waals surface area contributed by atoms with E-state index in [1.165, 1.54) is 7.11 Å². The highest BCUT2D eigenvalue weighted by molar-refractivity contribution is 6.02.